The van der Waals surface area contributed by atoms with Crippen LogP contribution in [0.4, 0.5) is 17.6 Å². The first-order valence-corrected chi connectivity index (χ1v) is 7.12. The Morgan fingerprint density at radius 3 is 2.28 bits per heavy atom. The Labute approximate surface area is 140 Å². The maximum Gasteiger partial charge on any atom is 0.417 e. The van der Waals surface area contributed by atoms with Crippen molar-refractivity contribution in [3.8, 4) is 0 Å². The number of halogens is 4. The van der Waals surface area contributed by atoms with Gasteiger partial charge in [0.15, 0.2) is 6.61 Å². The second kappa shape index (κ2) is 7.78. The van der Waals surface area contributed by atoms with Crippen molar-refractivity contribution in [2.75, 3.05) is 6.61 Å². The largest absolute Gasteiger partial charge is 0.452 e. The zero-order valence-corrected chi connectivity index (χ0v) is 12.8. The molecule has 0 radical (unpaired) electrons. The summed E-state index contributed by atoms with van der Waals surface area (Å²) in [7, 11) is 0. The van der Waals surface area contributed by atoms with Gasteiger partial charge in [0.05, 0.1) is 11.1 Å². The van der Waals surface area contributed by atoms with Crippen LogP contribution in [0, 0.1) is 5.82 Å². The van der Waals surface area contributed by atoms with Gasteiger partial charge in [-0.05, 0) is 29.8 Å². The van der Waals surface area contributed by atoms with Crippen LogP contribution in [-0.2, 0) is 22.3 Å². The lowest BCUT2D eigenvalue weighted by Crippen LogP contribution is -2.28. The molecule has 4 nitrogen and oxygen atoms in total. The fourth-order valence-electron chi connectivity index (χ4n) is 1.97. The van der Waals surface area contributed by atoms with Crippen molar-refractivity contribution < 1.29 is 31.9 Å². The number of hydrogen-bond donors (Lipinski definition) is 1. The van der Waals surface area contributed by atoms with E-state index in [2.05, 4.69) is 10.1 Å². The molecule has 0 saturated carbocycles. The average molecular weight is 355 g/mol. The van der Waals surface area contributed by atoms with Gasteiger partial charge in [0.2, 0.25) is 0 Å². The van der Waals surface area contributed by atoms with E-state index in [4.69, 9.17) is 0 Å². The first-order chi connectivity index (χ1) is 11.8. The van der Waals surface area contributed by atoms with Crippen molar-refractivity contribution in [2.45, 2.75) is 12.7 Å². The highest BCUT2D eigenvalue weighted by molar-refractivity contribution is 5.93. The van der Waals surface area contributed by atoms with Gasteiger partial charge in [0, 0.05) is 6.54 Å². The maximum atomic E-state index is 12.8. The van der Waals surface area contributed by atoms with Gasteiger partial charge >= 0.3 is 12.1 Å². The van der Waals surface area contributed by atoms with Crippen LogP contribution < -0.4 is 5.32 Å². The number of alkyl halides is 3. The van der Waals surface area contributed by atoms with E-state index in [1.807, 2.05) is 0 Å². The number of ether oxygens (including phenoxy) is 1. The summed E-state index contributed by atoms with van der Waals surface area (Å²) < 4.78 is 55.9. The lowest BCUT2D eigenvalue weighted by molar-refractivity contribution is -0.138. The lowest BCUT2D eigenvalue weighted by atomic mass is 10.1. The Morgan fingerprint density at radius 1 is 1.00 bits per heavy atom. The van der Waals surface area contributed by atoms with E-state index < -0.39 is 41.6 Å². The smallest absolute Gasteiger partial charge is 0.417 e. The number of hydrogen-bond acceptors (Lipinski definition) is 3. The number of carbonyl (C=O) groups is 2. The summed E-state index contributed by atoms with van der Waals surface area (Å²) in [6.07, 6.45) is -4.71. The minimum Gasteiger partial charge on any atom is -0.452 e. The van der Waals surface area contributed by atoms with Crippen LogP contribution in [0.1, 0.15) is 21.5 Å². The Morgan fingerprint density at radius 2 is 1.64 bits per heavy atom. The number of rotatable bonds is 5. The monoisotopic (exact) mass is 355 g/mol. The van der Waals surface area contributed by atoms with Gasteiger partial charge in [0.1, 0.15) is 5.82 Å². The number of esters is 1. The topological polar surface area (TPSA) is 55.4 Å². The third kappa shape index (κ3) is 5.30. The molecular weight excluding hydrogens is 342 g/mol. The summed E-state index contributed by atoms with van der Waals surface area (Å²) in [6.45, 7) is -0.665. The summed E-state index contributed by atoms with van der Waals surface area (Å²) in [5.41, 5.74) is -1.18. The highest BCUT2D eigenvalue weighted by Crippen LogP contribution is 2.32. The zero-order valence-electron chi connectivity index (χ0n) is 12.8. The Kier molecular flexibility index (Phi) is 5.74. The molecule has 1 amide bonds. The van der Waals surface area contributed by atoms with E-state index in [-0.39, 0.29) is 6.54 Å². The van der Waals surface area contributed by atoms with Crippen molar-refractivity contribution >= 4 is 11.9 Å². The standard InChI is InChI=1S/C17H13F4NO3/c18-12-7-5-11(6-8-12)9-22-15(23)10-25-16(24)13-3-1-2-4-14(13)17(19,20)21/h1-8H,9-10H2,(H,22,23). The highest BCUT2D eigenvalue weighted by Gasteiger charge is 2.35. The van der Waals surface area contributed by atoms with Gasteiger partial charge in [-0.15, -0.1) is 0 Å². The molecule has 2 aromatic carbocycles. The van der Waals surface area contributed by atoms with Gasteiger partial charge in [0.25, 0.3) is 5.91 Å². The van der Waals surface area contributed by atoms with E-state index in [0.717, 1.165) is 18.2 Å². The van der Waals surface area contributed by atoms with Gasteiger partial charge in [-0.2, -0.15) is 13.2 Å². The SMILES string of the molecule is O=C(COC(=O)c1ccccc1C(F)(F)F)NCc1ccc(F)cc1. The van der Waals surface area contributed by atoms with E-state index in [9.17, 15) is 27.2 Å². The minimum atomic E-state index is -4.71. The molecule has 0 heterocycles. The molecule has 1 N–H and O–H groups in total. The van der Waals surface area contributed by atoms with Crippen molar-refractivity contribution in [3.05, 3.63) is 71.0 Å². The molecule has 0 aliphatic carbocycles. The third-order valence-corrected chi connectivity index (χ3v) is 3.19. The lowest BCUT2D eigenvalue weighted by Gasteiger charge is -2.12. The fraction of sp³-hybridized carbons (Fsp3) is 0.176. The van der Waals surface area contributed by atoms with E-state index in [1.54, 1.807) is 0 Å². The van der Waals surface area contributed by atoms with Crippen LogP contribution in [0.15, 0.2) is 48.5 Å². The Balaban J connectivity index is 1.89. The van der Waals surface area contributed by atoms with E-state index >= 15 is 0 Å². The van der Waals surface area contributed by atoms with Gasteiger partial charge < -0.3 is 10.1 Å². The van der Waals surface area contributed by atoms with Gasteiger partial charge in [-0.1, -0.05) is 24.3 Å². The van der Waals surface area contributed by atoms with Crippen LogP contribution in [-0.4, -0.2) is 18.5 Å². The highest BCUT2D eigenvalue weighted by atomic mass is 19.4. The third-order valence-electron chi connectivity index (χ3n) is 3.19. The van der Waals surface area contributed by atoms with Gasteiger partial charge in [-0.3, -0.25) is 4.79 Å². The summed E-state index contributed by atoms with van der Waals surface area (Å²) in [4.78, 5) is 23.4. The zero-order chi connectivity index (χ0) is 18.4. The number of nitrogens with one attached hydrogen (secondary N) is 1. The maximum absolute atomic E-state index is 12.8. The Hall–Kier alpha value is -2.90. The molecule has 2 aromatic rings. The van der Waals surface area contributed by atoms with Crippen LogP contribution in [0.3, 0.4) is 0 Å². The molecule has 2 rings (SSSR count). The summed E-state index contributed by atoms with van der Waals surface area (Å²) in [5, 5.41) is 2.41. The molecule has 0 aliphatic rings. The van der Waals surface area contributed by atoms with E-state index in [0.29, 0.717) is 5.56 Å². The molecule has 0 atom stereocenters. The quantitative estimate of drug-likeness (QED) is 0.661. The van der Waals surface area contributed by atoms with Crippen molar-refractivity contribution in [2.24, 2.45) is 0 Å². The second-order valence-corrected chi connectivity index (χ2v) is 5.02. The molecule has 8 heteroatoms. The average Bonchev–Trinajstić information content (AvgIpc) is 2.58. The summed E-state index contributed by atoms with van der Waals surface area (Å²) in [5.74, 6) is -2.36. The molecule has 0 fully saturated rings. The predicted molar refractivity (Wildman–Crippen MR) is 80.0 cm³/mol. The first-order valence-electron chi connectivity index (χ1n) is 7.12. The molecule has 0 saturated heterocycles. The van der Waals surface area contributed by atoms with Crippen LogP contribution in [0.25, 0.3) is 0 Å². The van der Waals surface area contributed by atoms with Crippen molar-refractivity contribution in [1.29, 1.82) is 0 Å². The van der Waals surface area contributed by atoms with Crippen LogP contribution >= 0.6 is 0 Å². The number of carbonyl (C=O) groups excluding carboxylic acids is 2. The van der Waals surface area contributed by atoms with Crippen molar-refractivity contribution in [3.63, 3.8) is 0 Å². The van der Waals surface area contributed by atoms with Crippen LogP contribution in [0.5, 0.6) is 0 Å². The van der Waals surface area contributed by atoms with Crippen molar-refractivity contribution in [1.82, 2.24) is 5.32 Å². The molecule has 132 valence electrons. The molecule has 0 unspecified atom stereocenters. The predicted octanol–water partition coefficient (Wildman–Crippen LogP) is 3.32. The molecular formula is C17H13F4NO3. The molecule has 25 heavy (non-hydrogen) atoms. The second-order valence-electron chi connectivity index (χ2n) is 5.02. The number of benzene rings is 2. The Bertz CT molecular complexity index is 757. The summed E-state index contributed by atoms with van der Waals surface area (Å²) >= 11 is 0. The summed E-state index contributed by atoms with van der Waals surface area (Å²) in [6, 6.07) is 9.50. The molecule has 0 bridgehead atoms. The normalized spacial score (nSPS) is 11.0. The number of amides is 1. The minimum absolute atomic E-state index is 0.0653. The molecule has 0 aromatic heterocycles. The van der Waals surface area contributed by atoms with E-state index in [1.165, 1.54) is 30.3 Å². The fourth-order valence-corrected chi connectivity index (χ4v) is 1.97. The molecule has 0 spiro atoms. The van der Waals surface area contributed by atoms with Crippen LogP contribution in [0.2, 0.25) is 0 Å². The van der Waals surface area contributed by atoms with Gasteiger partial charge in [-0.25, -0.2) is 9.18 Å². The first kappa shape index (κ1) is 18.4. The molecule has 0 aliphatic heterocycles.